The van der Waals surface area contributed by atoms with Crippen molar-refractivity contribution in [1.82, 2.24) is 25.9 Å². The summed E-state index contributed by atoms with van der Waals surface area (Å²) in [5, 5.41) is 17.4. The number of furan rings is 1. The predicted molar refractivity (Wildman–Crippen MR) is 92.9 cm³/mol. The second-order valence-corrected chi connectivity index (χ2v) is 8.52. The number of aryl methyl sites for hydroxylation is 1. The van der Waals surface area contributed by atoms with Gasteiger partial charge in [-0.15, -0.1) is 10.2 Å². The third kappa shape index (κ3) is 3.91. The first kappa shape index (κ1) is 17.6. The van der Waals surface area contributed by atoms with Crippen LogP contribution >= 0.6 is 0 Å². The third-order valence-corrected chi connectivity index (χ3v) is 5.00. The number of aromatic amines is 1. The summed E-state index contributed by atoms with van der Waals surface area (Å²) in [4.78, 5) is 12.5. The third-order valence-electron chi connectivity index (χ3n) is 5.00. The highest BCUT2D eigenvalue weighted by atomic mass is 16.3. The van der Waals surface area contributed by atoms with Gasteiger partial charge in [-0.05, 0) is 31.2 Å². The van der Waals surface area contributed by atoms with E-state index in [2.05, 4.69) is 45.9 Å². The zero-order valence-corrected chi connectivity index (χ0v) is 15.6. The molecular formula is C18H27N5O2. The number of rotatable bonds is 5. The predicted octanol–water partition coefficient (Wildman–Crippen LogP) is 2.99. The van der Waals surface area contributed by atoms with E-state index < -0.39 is 0 Å². The Hall–Kier alpha value is -2.18. The molecule has 3 rings (SSSR count). The van der Waals surface area contributed by atoms with E-state index in [-0.39, 0.29) is 22.8 Å². The van der Waals surface area contributed by atoms with Gasteiger partial charge in [0.05, 0.1) is 6.04 Å². The fraction of sp³-hybridized carbons (Fsp3) is 0.667. The lowest BCUT2D eigenvalue weighted by Gasteiger charge is -2.34. The van der Waals surface area contributed by atoms with Crippen molar-refractivity contribution < 1.29 is 9.21 Å². The molecule has 1 unspecified atom stereocenters. The lowest BCUT2D eigenvalue weighted by Crippen LogP contribution is -2.36. The molecule has 0 radical (unpaired) electrons. The molecule has 0 spiro atoms. The number of amides is 1. The molecule has 2 aromatic heterocycles. The highest BCUT2D eigenvalue weighted by Crippen LogP contribution is 2.42. The second-order valence-electron chi connectivity index (χ2n) is 8.52. The topological polar surface area (TPSA) is 96.7 Å². The van der Waals surface area contributed by atoms with E-state index in [0.29, 0.717) is 18.7 Å². The molecule has 136 valence electrons. The zero-order valence-electron chi connectivity index (χ0n) is 15.6. The van der Waals surface area contributed by atoms with Gasteiger partial charge in [0, 0.05) is 23.8 Å². The maximum absolute atomic E-state index is 12.5. The number of tetrazole rings is 1. The lowest BCUT2D eigenvalue weighted by atomic mass is 9.74. The molecule has 1 aliphatic carbocycles. The average Bonchev–Trinajstić information content (AvgIpc) is 3.13. The van der Waals surface area contributed by atoms with Gasteiger partial charge in [0.15, 0.2) is 5.82 Å². The molecule has 1 atom stereocenters. The largest absolute Gasteiger partial charge is 0.466 e. The van der Waals surface area contributed by atoms with Gasteiger partial charge >= 0.3 is 0 Å². The van der Waals surface area contributed by atoms with E-state index in [1.54, 1.807) is 0 Å². The SMILES string of the molecule is Cc1cc2c(o1)CC(C)(C)CC2NC(=O)CCC(C)(C)c1nn[nH]n1. The highest BCUT2D eigenvalue weighted by molar-refractivity contribution is 5.76. The molecule has 2 N–H and O–H groups in total. The van der Waals surface area contributed by atoms with Gasteiger partial charge in [0.25, 0.3) is 0 Å². The van der Waals surface area contributed by atoms with Gasteiger partial charge in [-0.3, -0.25) is 4.79 Å². The Morgan fingerprint density at radius 1 is 1.48 bits per heavy atom. The molecule has 0 saturated carbocycles. The molecule has 2 aromatic rings. The maximum atomic E-state index is 12.5. The van der Waals surface area contributed by atoms with Gasteiger partial charge in [-0.25, -0.2) is 0 Å². The van der Waals surface area contributed by atoms with E-state index in [1.165, 1.54) is 0 Å². The Labute approximate surface area is 148 Å². The smallest absolute Gasteiger partial charge is 0.220 e. The molecule has 2 heterocycles. The minimum Gasteiger partial charge on any atom is -0.466 e. The number of nitrogens with zero attached hydrogens (tertiary/aromatic N) is 3. The Kier molecular flexibility index (Phi) is 4.43. The number of hydrogen-bond donors (Lipinski definition) is 2. The van der Waals surface area contributed by atoms with Crippen LogP contribution in [0.3, 0.4) is 0 Å². The summed E-state index contributed by atoms with van der Waals surface area (Å²) >= 11 is 0. The van der Waals surface area contributed by atoms with Crippen LogP contribution in [0.4, 0.5) is 0 Å². The van der Waals surface area contributed by atoms with E-state index >= 15 is 0 Å². The summed E-state index contributed by atoms with van der Waals surface area (Å²) in [6, 6.07) is 2.07. The number of hydrogen-bond acceptors (Lipinski definition) is 5. The molecule has 7 heteroatoms. The summed E-state index contributed by atoms with van der Waals surface area (Å²) < 4.78 is 5.84. The summed E-state index contributed by atoms with van der Waals surface area (Å²) in [7, 11) is 0. The van der Waals surface area contributed by atoms with Gasteiger partial charge in [0.2, 0.25) is 5.91 Å². The number of nitrogens with one attached hydrogen (secondary N) is 2. The standard InChI is InChI=1S/C18H27N5O2/c1-11-8-12-13(9-17(2,3)10-14(12)25-11)19-15(24)6-7-18(4,5)16-20-22-23-21-16/h8,13H,6-7,9-10H2,1-5H3,(H,19,24)(H,20,21,22,23). The van der Waals surface area contributed by atoms with Crippen molar-refractivity contribution in [1.29, 1.82) is 0 Å². The van der Waals surface area contributed by atoms with Crippen LogP contribution in [-0.2, 0) is 16.6 Å². The Bertz CT molecular complexity index is 746. The van der Waals surface area contributed by atoms with Gasteiger partial charge < -0.3 is 9.73 Å². The van der Waals surface area contributed by atoms with E-state index in [1.807, 2.05) is 20.8 Å². The average molecular weight is 345 g/mol. The van der Waals surface area contributed by atoms with E-state index in [0.717, 1.165) is 29.9 Å². The summed E-state index contributed by atoms with van der Waals surface area (Å²) in [5.74, 6) is 2.59. The molecule has 1 aliphatic rings. The minimum atomic E-state index is -0.298. The fourth-order valence-electron chi connectivity index (χ4n) is 3.57. The number of carbonyl (C=O) groups excluding carboxylic acids is 1. The van der Waals surface area contributed by atoms with Gasteiger partial charge in [0.1, 0.15) is 11.5 Å². The number of fused-ring (bicyclic) bond motifs is 1. The molecule has 0 aliphatic heterocycles. The molecule has 1 amide bonds. The molecule has 25 heavy (non-hydrogen) atoms. The van der Waals surface area contributed by atoms with Crippen LogP contribution in [0.2, 0.25) is 0 Å². The van der Waals surface area contributed by atoms with Crippen molar-refractivity contribution in [3.63, 3.8) is 0 Å². The quantitative estimate of drug-likeness (QED) is 0.868. The fourth-order valence-corrected chi connectivity index (χ4v) is 3.57. The summed E-state index contributed by atoms with van der Waals surface area (Å²) in [6.45, 7) is 10.4. The molecular weight excluding hydrogens is 318 g/mol. The minimum absolute atomic E-state index is 0.0111. The van der Waals surface area contributed by atoms with E-state index in [9.17, 15) is 4.79 Å². The van der Waals surface area contributed by atoms with Crippen LogP contribution in [0.1, 0.15) is 75.9 Å². The van der Waals surface area contributed by atoms with Crippen LogP contribution in [0, 0.1) is 12.3 Å². The maximum Gasteiger partial charge on any atom is 0.220 e. The number of carbonyl (C=O) groups is 1. The van der Waals surface area contributed by atoms with Crippen LogP contribution < -0.4 is 5.32 Å². The van der Waals surface area contributed by atoms with Crippen molar-refractivity contribution in [3.05, 3.63) is 29.0 Å². The first-order valence-corrected chi connectivity index (χ1v) is 8.79. The van der Waals surface area contributed by atoms with Crippen LogP contribution in [0.25, 0.3) is 0 Å². The van der Waals surface area contributed by atoms with Crippen LogP contribution in [-0.4, -0.2) is 26.5 Å². The second kappa shape index (κ2) is 6.28. The lowest BCUT2D eigenvalue weighted by molar-refractivity contribution is -0.122. The van der Waals surface area contributed by atoms with E-state index in [4.69, 9.17) is 4.42 Å². The van der Waals surface area contributed by atoms with Gasteiger partial charge in [-0.2, -0.15) is 5.21 Å². The number of H-pyrrole nitrogens is 1. The molecule has 0 fully saturated rings. The highest BCUT2D eigenvalue weighted by Gasteiger charge is 2.36. The van der Waals surface area contributed by atoms with Crippen LogP contribution in [0.15, 0.2) is 10.5 Å². The molecule has 0 saturated heterocycles. The molecule has 7 nitrogen and oxygen atoms in total. The zero-order chi connectivity index (χ0) is 18.2. The normalized spacial score (nSPS) is 19.5. The first-order chi connectivity index (χ1) is 11.7. The Morgan fingerprint density at radius 2 is 2.24 bits per heavy atom. The van der Waals surface area contributed by atoms with Crippen molar-refractivity contribution in [2.24, 2.45) is 5.41 Å². The van der Waals surface area contributed by atoms with Gasteiger partial charge in [-0.1, -0.05) is 32.9 Å². The Balaban J connectivity index is 1.65. The van der Waals surface area contributed by atoms with Crippen molar-refractivity contribution >= 4 is 5.91 Å². The van der Waals surface area contributed by atoms with Crippen molar-refractivity contribution in [2.45, 2.75) is 71.8 Å². The molecule has 0 aromatic carbocycles. The first-order valence-electron chi connectivity index (χ1n) is 8.79. The molecule has 0 bridgehead atoms. The summed E-state index contributed by atoms with van der Waals surface area (Å²) in [5.41, 5.74) is 0.940. The van der Waals surface area contributed by atoms with Crippen molar-refractivity contribution in [3.8, 4) is 0 Å². The number of aromatic nitrogens is 4. The van der Waals surface area contributed by atoms with Crippen LogP contribution in [0.5, 0.6) is 0 Å². The van der Waals surface area contributed by atoms with Crippen molar-refractivity contribution in [2.75, 3.05) is 0 Å². The monoisotopic (exact) mass is 345 g/mol. The Morgan fingerprint density at radius 3 is 2.92 bits per heavy atom. The summed E-state index contributed by atoms with van der Waals surface area (Å²) in [6.07, 6.45) is 2.91.